The van der Waals surface area contributed by atoms with Crippen LogP contribution in [0.5, 0.6) is 0 Å². The molecule has 14 nitrogen and oxygen atoms in total. The van der Waals surface area contributed by atoms with E-state index in [4.69, 9.17) is 36.6 Å². The van der Waals surface area contributed by atoms with Crippen LogP contribution >= 0.6 is 15.6 Å². The second kappa shape index (κ2) is 13.8. The van der Waals surface area contributed by atoms with E-state index in [1.165, 1.54) is 0 Å². The Kier molecular flexibility index (Phi) is 12.3. The third-order valence-electron chi connectivity index (χ3n) is 3.69. The fourth-order valence-corrected chi connectivity index (χ4v) is 4.91. The van der Waals surface area contributed by atoms with Crippen molar-refractivity contribution in [1.82, 2.24) is 9.80 Å². The first-order valence-electron chi connectivity index (χ1n) is 12.1. The molecule has 0 aromatic carbocycles. The zero-order chi connectivity index (χ0) is 29.4. The van der Waals surface area contributed by atoms with Crippen molar-refractivity contribution in [2.45, 2.75) is 80.4 Å². The highest BCUT2D eigenvalue weighted by molar-refractivity contribution is 7.48. The lowest BCUT2D eigenvalue weighted by Gasteiger charge is -2.34. The van der Waals surface area contributed by atoms with Gasteiger partial charge in [0.15, 0.2) is 0 Å². The highest BCUT2D eigenvalue weighted by Gasteiger charge is 2.41. The van der Waals surface area contributed by atoms with E-state index in [2.05, 4.69) is 0 Å². The Balaban J connectivity index is 3.72. The van der Waals surface area contributed by atoms with E-state index in [9.17, 15) is 18.7 Å². The first-order chi connectivity index (χ1) is 17.4. The molecule has 1 rings (SSSR count). The minimum atomic E-state index is -4.27. The Morgan fingerprint density at radius 3 is 1.11 bits per heavy atom. The molecule has 220 valence electrons. The predicted octanol–water partition coefficient (Wildman–Crippen LogP) is 6.47. The first-order valence-corrected chi connectivity index (χ1v) is 15.0. The molecule has 38 heavy (non-hydrogen) atoms. The van der Waals surface area contributed by atoms with Crippen LogP contribution in [0.15, 0.2) is 24.2 Å². The van der Waals surface area contributed by atoms with E-state index < -0.39 is 50.8 Å². The molecule has 0 spiro atoms. The number of hydrogen-bond acceptors (Lipinski definition) is 12. The van der Waals surface area contributed by atoms with Gasteiger partial charge in [-0.3, -0.25) is 18.1 Å². The van der Waals surface area contributed by atoms with Crippen molar-refractivity contribution in [3.8, 4) is 0 Å². The van der Waals surface area contributed by atoms with Gasteiger partial charge in [-0.1, -0.05) is 0 Å². The van der Waals surface area contributed by atoms with Crippen molar-refractivity contribution in [3.05, 3.63) is 24.2 Å². The first kappa shape index (κ1) is 33.9. The van der Waals surface area contributed by atoms with Crippen molar-refractivity contribution < 1.29 is 55.3 Å². The third kappa shape index (κ3) is 11.0. The van der Waals surface area contributed by atoms with Crippen LogP contribution < -0.4 is 0 Å². The Labute approximate surface area is 224 Å². The van der Waals surface area contributed by atoms with Gasteiger partial charge in [-0.15, -0.1) is 0 Å². The Morgan fingerprint density at radius 1 is 0.632 bits per heavy atom. The molecular weight excluding hydrogens is 546 g/mol. The lowest BCUT2D eigenvalue weighted by Crippen LogP contribution is -2.41. The van der Waals surface area contributed by atoms with E-state index in [0.29, 0.717) is 0 Å². The largest absolute Gasteiger partial charge is 0.531 e. The molecule has 0 aromatic rings. The highest BCUT2D eigenvalue weighted by atomic mass is 31.2. The molecule has 1 aliphatic heterocycles. The maximum atomic E-state index is 13.2. The number of ether oxygens (including phenoxy) is 2. The number of amides is 2. The molecule has 1 heterocycles. The predicted molar refractivity (Wildman–Crippen MR) is 136 cm³/mol. The molecule has 2 amide bonds. The highest BCUT2D eigenvalue weighted by Crippen LogP contribution is 2.54. The molecular formula is C22H40N2O12P2. The van der Waals surface area contributed by atoms with Crippen LogP contribution in [-0.2, 0) is 45.7 Å². The minimum absolute atomic E-state index is 0.0527. The normalized spacial score (nSPS) is 15.0. The van der Waals surface area contributed by atoms with Crippen LogP contribution in [0, 0.1) is 0 Å². The monoisotopic (exact) mass is 586 g/mol. The van der Waals surface area contributed by atoms with Crippen molar-refractivity contribution in [2.75, 3.05) is 26.4 Å². The van der Waals surface area contributed by atoms with Crippen LogP contribution in [0.2, 0.25) is 0 Å². The summed E-state index contributed by atoms with van der Waals surface area (Å²) in [7, 11) is -8.53. The van der Waals surface area contributed by atoms with Crippen LogP contribution in [-0.4, -0.2) is 59.6 Å². The van der Waals surface area contributed by atoms with Crippen molar-refractivity contribution in [1.29, 1.82) is 0 Å². The van der Waals surface area contributed by atoms with Crippen LogP contribution in [0.1, 0.15) is 69.2 Å². The number of rotatable bonds is 12. The molecule has 1 aliphatic rings. The van der Waals surface area contributed by atoms with Crippen LogP contribution in [0.3, 0.4) is 0 Å². The van der Waals surface area contributed by atoms with Crippen LogP contribution in [0.25, 0.3) is 0 Å². The zero-order valence-electron chi connectivity index (χ0n) is 23.7. The quantitative estimate of drug-likeness (QED) is 0.231. The number of hydrogen-bond donors (Lipinski definition) is 0. The van der Waals surface area contributed by atoms with E-state index in [1.54, 1.807) is 69.2 Å². The van der Waals surface area contributed by atoms with Gasteiger partial charge in [0.2, 0.25) is 11.8 Å². The Bertz CT molecular complexity index is 886. The van der Waals surface area contributed by atoms with Gasteiger partial charge in [0.25, 0.3) is 0 Å². The number of carbonyl (C=O) groups is 2. The van der Waals surface area contributed by atoms with E-state index in [-0.39, 0.29) is 26.4 Å². The average molecular weight is 587 g/mol. The molecule has 0 atom stereocenters. The van der Waals surface area contributed by atoms with E-state index in [0.717, 1.165) is 22.2 Å². The second-order valence-corrected chi connectivity index (χ2v) is 12.6. The summed E-state index contributed by atoms with van der Waals surface area (Å²) in [6, 6.07) is 0. The number of carbonyl (C=O) groups excluding carboxylic acids is 2. The van der Waals surface area contributed by atoms with Crippen molar-refractivity contribution >= 4 is 27.8 Å². The van der Waals surface area contributed by atoms with Crippen molar-refractivity contribution in [2.24, 2.45) is 0 Å². The van der Waals surface area contributed by atoms with Gasteiger partial charge in [0.05, 0.1) is 38.8 Å². The number of phosphoric ester groups is 2. The number of nitrogens with zero attached hydrogens (tertiary/aromatic N) is 2. The lowest BCUT2D eigenvalue weighted by molar-refractivity contribution is 0.0147. The molecule has 0 aromatic heterocycles. The Morgan fingerprint density at radius 2 is 0.895 bits per heavy atom. The molecule has 0 radical (unpaired) electrons. The molecule has 0 unspecified atom stereocenters. The molecule has 0 aliphatic carbocycles. The lowest BCUT2D eigenvalue weighted by atomic mass is 10.2. The smallest absolute Gasteiger partial charge is 0.443 e. The van der Waals surface area contributed by atoms with Gasteiger partial charge >= 0.3 is 27.8 Å². The van der Waals surface area contributed by atoms with Gasteiger partial charge in [-0.25, -0.2) is 28.5 Å². The molecule has 0 bridgehead atoms. The van der Waals surface area contributed by atoms with Gasteiger partial charge in [0.1, 0.15) is 11.2 Å². The standard InChI is InChI=1S/C22H40N2O12P2/c1-11-29-37(27,30-12-2)35-17-15-24(20(26)34-22(8,9)10)18(36-38(28,31-13-3)32-14-4)16-23(17)19(25)33-21(5,6)7/h15-16H,11-14H2,1-10H3. The van der Waals surface area contributed by atoms with E-state index in [1.807, 2.05) is 0 Å². The molecule has 16 heteroatoms. The van der Waals surface area contributed by atoms with Crippen LogP contribution in [0.4, 0.5) is 9.59 Å². The fourth-order valence-electron chi connectivity index (χ4n) is 2.56. The van der Waals surface area contributed by atoms with Gasteiger partial charge in [0, 0.05) is 0 Å². The summed E-state index contributed by atoms with van der Waals surface area (Å²) in [5, 5.41) is 0. The fraction of sp³-hybridized carbons (Fsp3) is 0.727. The van der Waals surface area contributed by atoms with Crippen molar-refractivity contribution in [3.63, 3.8) is 0 Å². The maximum Gasteiger partial charge on any atom is 0.531 e. The maximum absolute atomic E-state index is 13.2. The summed E-state index contributed by atoms with van der Waals surface area (Å²) in [6.45, 7) is 15.8. The zero-order valence-corrected chi connectivity index (χ0v) is 25.5. The summed E-state index contributed by atoms with van der Waals surface area (Å²) < 4.78 is 68.9. The summed E-state index contributed by atoms with van der Waals surface area (Å²) in [5.74, 6) is -0.990. The molecule has 0 saturated carbocycles. The van der Waals surface area contributed by atoms with Gasteiger partial charge in [-0.2, -0.15) is 0 Å². The third-order valence-corrected chi connectivity index (χ3v) is 6.81. The topological polar surface area (TPSA) is 149 Å². The Hall–Kier alpha value is -2.08. The molecule has 0 saturated heterocycles. The molecule has 0 fully saturated rings. The second-order valence-electron chi connectivity index (χ2n) is 9.38. The summed E-state index contributed by atoms with van der Waals surface area (Å²) in [6.07, 6.45) is -0.174. The SMILES string of the molecule is CCOP(=O)(OCC)OC1=CN(C(=O)OC(C)(C)C)C(OP(=O)(OCC)OCC)=CN1C(=O)OC(C)(C)C. The van der Waals surface area contributed by atoms with Gasteiger partial charge in [-0.05, 0) is 69.2 Å². The minimum Gasteiger partial charge on any atom is -0.443 e. The molecule has 0 N–H and O–H groups in total. The average Bonchev–Trinajstić information content (AvgIpc) is 2.72. The summed E-state index contributed by atoms with van der Waals surface area (Å²) in [5.41, 5.74) is -1.93. The summed E-state index contributed by atoms with van der Waals surface area (Å²) >= 11 is 0. The van der Waals surface area contributed by atoms with E-state index >= 15 is 0 Å². The van der Waals surface area contributed by atoms with Gasteiger partial charge < -0.3 is 18.5 Å². The number of phosphoric acid groups is 2. The summed E-state index contributed by atoms with van der Waals surface area (Å²) in [4.78, 5) is 27.8.